The molecule has 0 aliphatic carbocycles. The molecule has 0 spiro atoms. The van der Waals surface area contributed by atoms with Gasteiger partial charge in [0.2, 0.25) is 0 Å². The van der Waals surface area contributed by atoms with Crippen molar-refractivity contribution in [3.05, 3.63) is 12.2 Å². The molecule has 0 amide bonds. The molecule has 0 aromatic rings. The van der Waals surface area contributed by atoms with Gasteiger partial charge in [0.25, 0.3) is 0 Å². The van der Waals surface area contributed by atoms with Crippen molar-refractivity contribution in [2.45, 2.75) is 180 Å². The zero-order chi connectivity index (χ0) is 31.9. The topological polar surface area (TPSA) is 119 Å². The number of rotatable bonds is 32. The van der Waals surface area contributed by atoms with Crippen LogP contribution < -0.4 is 0 Å². The fourth-order valence-corrected chi connectivity index (χ4v) is 5.26. The number of esters is 2. The summed E-state index contributed by atoms with van der Waals surface area (Å²) >= 11 is 0. The normalized spacial score (nSPS) is 12.6. The van der Waals surface area contributed by atoms with Crippen LogP contribution in [0, 0.1) is 0 Å². The van der Waals surface area contributed by atoms with Crippen LogP contribution in [0.2, 0.25) is 0 Å². The van der Waals surface area contributed by atoms with Gasteiger partial charge in [-0.25, -0.2) is 4.57 Å². The molecule has 0 radical (unpaired) electrons. The maximum absolute atomic E-state index is 12.3. The van der Waals surface area contributed by atoms with Crippen molar-refractivity contribution in [1.82, 2.24) is 0 Å². The predicted molar refractivity (Wildman–Crippen MR) is 175 cm³/mol. The highest BCUT2D eigenvalue weighted by molar-refractivity contribution is 7.46. The van der Waals surface area contributed by atoms with Crippen molar-refractivity contribution in [3.8, 4) is 0 Å². The molecule has 0 aromatic carbocycles. The molecular formula is C34H65O8P. The van der Waals surface area contributed by atoms with Crippen molar-refractivity contribution < 1.29 is 37.9 Å². The van der Waals surface area contributed by atoms with Gasteiger partial charge in [-0.15, -0.1) is 0 Å². The lowest BCUT2D eigenvalue weighted by atomic mass is 10.0. The molecule has 0 bridgehead atoms. The molecular weight excluding hydrogens is 567 g/mol. The molecule has 0 saturated heterocycles. The lowest BCUT2D eigenvalue weighted by molar-refractivity contribution is -0.161. The molecule has 254 valence electrons. The number of unbranched alkanes of at least 4 members (excludes halogenated alkanes) is 20. The Bertz CT molecular complexity index is 721. The lowest BCUT2D eigenvalue weighted by Gasteiger charge is -2.18. The number of carbonyl (C=O) groups excluding carboxylic acids is 2. The van der Waals surface area contributed by atoms with Gasteiger partial charge in [-0.3, -0.25) is 14.1 Å². The van der Waals surface area contributed by atoms with E-state index in [-0.39, 0.29) is 19.4 Å². The molecule has 0 fully saturated rings. The molecule has 2 N–H and O–H groups in total. The molecule has 0 aliphatic rings. The van der Waals surface area contributed by atoms with Crippen molar-refractivity contribution >= 4 is 19.8 Å². The van der Waals surface area contributed by atoms with Gasteiger partial charge in [-0.2, -0.15) is 0 Å². The second-order valence-electron chi connectivity index (χ2n) is 11.8. The lowest BCUT2D eigenvalue weighted by Crippen LogP contribution is -2.29. The first kappa shape index (κ1) is 41.8. The number of carbonyl (C=O) groups is 2. The van der Waals surface area contributed by atoms with Gasteiger partial charge >= 0.3 is 19.8 Å². The molecule has 43 heavy (non-hydrogen) atoms. The van der Waals surface area contributed by atoms with Gasteiger partial charge in [-0.1, -0.05) is 135 Å². The van der Waals surface area contributed by atoms with E-state index in [9.17, 15) is 14.2 Å². The van der Waals surface area contributed by atoms with Crippen LogP contribution in [0.25, 0.3) is 0 Å². The molecule has 0 heterocycles. The summed E-state index contributed by atoms with van der Waals surface area (Å²) < 4.78 is 26.2. The summed E-state index contributed by atoms with van der Waals surface area (Å²) in [5, 5.41) is 0. The summed E-state index contributed by atoms with van der Waals surface area (Å²) in [6.07, 6.45) is 30.7. The zero-order valence-electron chi connectivity index (χ0n) is 27.6. The van der Waals surface area contributed by atoms with Crippen molar-refractivity contribution in [2.24, 2.45) is 0 Å². The van der Waals surface area contributed by atoms with Crippen molar-refractivity contribution in [1.29, 1.82) is 0 Å². The summed E-state index contributed by atoms with van der Waals surface area (Å²) in [7, 11) is -4.74. The van der Waals surface area contributed by atoms with Gasteiger partial charge < -0.3 is 19.3 Å². The smallest absolute Gasteiger partial charge is 0.462 e. The molecule has 0 rings (SSSR count). The minimum absolute atomic E-state index is 0.205. The Morgan fingerprint density at radius 3 is 1.47 bits per heavy atom. The number of allylic oxidation sites excluding steroid dienone is 2. The Balaban J connectivity index is 3.99. The van der Waals surface area contributed by atoms with Crippen LogP contribution in [0.15, 0.2) is 12.2 Å². The molecule has 0 unspecified atom stereocenters. The minimum Gasteiger partial charge on any atom is -0.462 e. The number of hydrogen-bond acceptors (Lipinski definition) is 6. The fraction of sp³-hybridized carbons (Fsp3) is 0.882. The fourth-order valence-electron chi connectivity index (χ4n) is 4.90. The average Bonchev–Trinajstić information content (AvgIpc) is 2.97. The van der Waals surface area contributed by atoms with E-state index in [1.54, 1.807) is 0 Å². The summed E-state index contributed by atoms with van der Waals surface area (Å²) in [6.45, 7) is 3.64. The first-order valence-corrected chi connectivity index (χ1v) is 19.0. The summed E-state index contributed by atoms with van der Waals surface area (Å²) in [4.78, 5) is 42.5. The number of phosphoric acid groups is 1. The average molecular weight is 633 g/mol. The van der Waals surface area contributed by atoms with Crippen LogP contribution in [-0.4, -0.2) is 41.0 Å². The summed E-state index contributed by atoms with van der Waals surface area (Å²) in [5.41, 5.74) is 0. The van der Waals surface area contributed by atoms with Crippen molar-refractivity contribution in [3.63, 3.8) is 0 Å². The van der Waals surface area contributed by atoms with Crippen LogP contribution in [0.5, 0.6) is 0 Å². The molecule has 9 heteroatoms. The van der Waals surface area contributed by atoms with Gasteiger partial charge in [-0.05, 0) is 38.5 Å². The Hall–Kier alpha value is -1.21. The van der Waals surface area contributed by atoms with Crippen LogP contribution in [0.3, 0.4) is 0 Å². The van der Waals surface area contributed by atoms with E-state index in [1.807, 2.05) is 0 Å². The Morgan fingerprint density at radius 1 is 0.581 bits per heavy atom. The van der Waals surface area contributed by atoms with Crippen LogP contribution in [0.1, 0.15) is 174 Å². The van der Waals surface area contributed by atoms with Crippen molar-refractivity contribution in [2.75, 3.05) is 13.2 Å². The SMILES string of the molecule is CCCCC/C=C/CCCCCCCC(=O)O[C@H](COC(=O)CCCCCCCCCCCCCCC)COP(=O)(O)O. The van der Waals surface area contributed by atoms with Gasteiger partial charge in [0.1, 0.15) is 6.61 Å². The quantitative estimate of drug-likeness (QED) is 0.0325. The third-order valence-electron chi connectivity index (χ3n) is 7.53. The van der Waals surface area contributed by atoms with E-state index in [1.165, 1.54) is 83.5 Å². The Morgan fingerprint density at radius 2 is 0.977 bits per heavy atom. The van der Waals surface area contributed by atoms with Gasteiger partial charge in [0.05, 0.1) is 6.61 Å². The van der Waals surface area contributed by atoms with E-state index in [4.69, 9.17) is 19.3 Å². The second-order valence-corrected chi connectivity index (χ2v) is 13.1. The Labute approximate surface area is 263 Å². The van der Waals surface area contributed by atoms with E-state index in [0.717, 1.165) is 57.8 Å². The van der Waals surface area contributed by atoms with Crippen LogP contribution in [0.4, 0.5) is 0 Å². The van der Waals surface area contributed by atoms with E-state index in [0.29, 0.717) is 6.42 Å². The maximum atomic E-state index is 12.3. The zero-order valence-corrected chi connectivity index (χ0v) is 28.5. The summed E-state index contributed by atoms with van der Waals surface area (Å²) in [5.74, 6) is -0.891. The number of hydrogen-bond donors (Lipinski definition) is 2. The maximum Gasteiger partial charge on any atom is 0.469 e. The van der Waals surface area contributed by atoms with Crippen LogP contribution >= 0.6 is 7.82 Å². The molecule has 1 atom stereocenters. The number of phosphoric ester groups is 1. The molecule has 0 saturated carbocycles. The van der Waals surface area contributed by atoms with Crippen LogP contribution in [-0.2, 0) is 28.2 Å². The summed E-state index contributed by atoms with van der Waals surface area (Å²) in [6, 6.07) is 0. The second kappa shape index (κ2) is 30.8. The third kappa shape index (κ3) is 33.5. The molecule has 0 aromatic heterocycles. The number of ether oxygens (including phenoxy) is 2. The third-order valence-corrected chi connectivity index (χ3v) is 8.02. The minimum atomic E-state index is -4.74. The Kier molecular flexibility index (Phi) is 29.9. The van der Waals surface area contributed by atoms with E-state index >= 15 is 0 Å². The molecule has 8 nitrogen and oxygen atoms in total. The molecule has 0 aliphatic heterocycles. The standard InChI is InChI=1S/C34H65O8P/c1-3-5-7-9-11-13-15-17-19-20-22-24-26-28-33(35)40-30-32(31-41-43(37,38)39)42-34(36)29-27-25-23-21-18-16-14-12-10-8-6-4-2/h12,14,32H,3-11,13,15-31H2,1-2H3,(H2,37,38,39)/b14-12+/t32-/m1/s1. The highest BCUT2D eigenvalue weighted by atomic mass is 31.2. The highest BCUT2D eigenvalue weighted by Crippen LogP contribution is 2.36. The van der Waals surface area contributed by atoms with E-state index in [2.05, 4.69) is 30.5 Å². The monoisotopic (exact) mass is 632 g/mol. The first-order chi connectivity index (χ1) is 20.8. The van der Waals surface area contributed by atoms with Gasteiger partial charge in [0.15, 0.2) is 6.10 Å². The highest BCUT2D eigenvalue weighted by Gasteiger charge is 2.22. The first-order valence-electron chi connectivity index (χ1n) is 17.5. The van der Waals surface area contributed by atoms with Gasteiger partial charge in [0, 0.05) is 12.8 Å². The largest absolute Gasteiger partial charge is 0.469 e. The predicted octanol–water partition coefficient (Wildman–Crippen LogP) is 9.90. The van der Waals surface area contributed by atoms with E-state index < -0.39 is 32.5 Å².